The van der Waals surface area contributed by atoms with Crippen LogP contribution in [0.2, 0.25) is 0 Å². The Morgan fingerprint density at radius 3 is 3.22 bits per heavy atom. The van der Waals surface area contributed by atoms with E-state index >= 15 is 0 Å². The number of pyridine rings is 1. The lowest BCUT2D eigenvalue weighted by Gasteiger charge is -2.08. The number of rotatable bonds is 2. The maximum Gasteiger partial charge on any atom is 0.231 e. The first-order valence-electron chi connectivity index (χ1n) is 5.84. The summed E-state index contributed by atoms with van der Waals surface area (Å²) in [5.41, 5.74) is 5.89. The van der Waals surface area contributed by atoms with Gasteiger partial charge < -0.3 is 15.8 Å². The Hall–Kier alpha value is -1.90. The first-order valence-corrected chi connectivity index (χ1v) is 5.84. The van der Waals surface area contributed by atoms with Crippen LogP contribution in [0.5, 0.6) is 0 Å². The molecule has 94 valence electrons. The first-order chi connectivity index (χ1) is 8.79. The normalized spacial score (nSPS) is 17.9. The van der Waals surface area contributed by atoms with Crippen molar-refractivity contribution in [1.29, 1.82) is 0 Å². The van der Waals surface area contributed by atoms with E-state index in [2.05, 4.69) is 22.1 Å². The van der Waals surface area contributed by atoms with Gasteiger partial charge in [-0.3, -0.25) is 4.79 Å². The number of anilines is 1. The summed E-state index contributed by atoms with van der Waals surface area (Å²) in [5.74, 6) is 5.93. The summed E-state index contributed by atoms with van der Waals surface area (Å²) in [6.07, 6.45) is 0.762. The Balaban J connectivity index is 2.02. The lowest BCUT2D eigenvalue weighted by molar-refractivity contribution is -0.119. The molecule has 1 atom stereocenters. The molecular formula is C13H15N3O2. The monoisotopic (exact) mass is 245 g/mol. The van der Waals surface area contributed by atoms with Gasteiger partial charge in [0.25, 0.3) is 0 Å². The Morgan fingerprint density at radius 1 is 1.61 bits per heavy atom. The minimum atomic E-state index is -0.0782. The van der Waals surface area contributed by atoms with Crippen molar-refractivity contribution in [2.45, 2.75) is 6.42 Å². The molecule has 0 saturated carbocycles. The average Bonchev–Trinajstić information content (AvgIpc) is 2.91. The van der Waals surface area contributed by atoms with Crippen molar-refractivity contribution in [1.82, 2.24) is 4.98 Å². The van der Waals surface area contributed by atoms with Gasteiger partial charge in [-0.15, -0.1) is 0 Å². The highest BCUT2D eigenvalue weighted by Gasteiger charge is 2.23. The molecular weight excluding hydrogens is 230 g/mol. The largest absolute Gasteiger partial charge is 0.381 e. The van der Waals surface area contributed by atoms with E-state index in [0.29, 0.717) is 24.7 Å². The van der Waals surface area contributed by atoms with Crippen molar-refractivity contribution in [2.24, 2.45) is 11.7 Å². The molecule has 18 heavy (non-hydrogen) atoms. The number of carbonyl (C=O) groups excluding carboxylic acids is 1. The molecule has 1 aromatic heterocycles. The Bertz CT molecular complexity index is 484. The van der Waals surface area contributed by atoms with E-state index in [-0.39, 0.29) is 18.4 Å². The molecule has 0 aliphatic carbocycles. The number of amides is 1. The van der Waals surface area contributed by atoms with Gasteiger partial charge in [0.1, 0.15) is 11.5 Å². The SMILES string of the molecule is NCC#Cc1cccc(NC(=O)C2CCOC2)n1. The predicted molar refractivity (Wildman–Crippen MR) is 67.7 cm³/mol. The summed E-state index contributed by atoms with van der Waals surface area (Å²) < 4.78 is 5.18. The van der Waals surface area contributed by atoms with Crippen LogP contribution < -0.4 is 11.1 Å². The van der Waals surface area contributed by atoms with Crippen LogP contribution >= 0.6 is 0 Å². The summed E-state index contributed by atoms with van der Waals surface area (Å²) in [5, 5.41) is 2.77. The number of aromatic nitrogens is 1. The second-order valence-corrected chi connectivity index (χ2v) is 3.96. The molecule has 1 fully saturated rings. The number of hydrogen-bond donors (Lipinski definition) is 2. The highest BCUT2D eigenvalue weighted by atomic mass is 16.5. The fraction of sp³-hybridized carbons (Fsp3) is 0.385. The third kappa shape index (κ3) is 3.29. The molecule has 1 aliphatic heterocycles. The summed E-state index contributed by atoms with van der Waals surface area (Å²) in [7, 11) is 0. The molecule has 2 rings (SSSR count). The maximum atomic E-state index is 11.9. The van der Waals surface area contributed by atoms with Crippen molar-refractivity contribution >= 4 is 11.7 Å². The molecule has 1 amide bonds. The molecule has 0 spiro atoms. The number of carbonyl (C=O) groups is 1. The molecule has 1 unspecified atom stereocenters. The molecule has 0 aromatic carbocycles. The molecule has 5 nitrogen and oxygen atoms in total. The summed E-state index contributed by atoms with van der Waals surface area (Å²) in [4.78, 5) is 16.1. The average molecular weight is 245 g/mol. The van der Waals surface area contributed by atoms with Crippen LogP contribution in [0.4, 0.5) is 5.82 Å². The van der Waals surface area contributed by atoms with Crippen LogP contribution in [0.25, 0.3) is 0 Å². The van der Waals surface area contributed by atoms with Gasteiger partial charge in [-0.25, -0.2) is 4.98 Å². The first kappa shape index (κ1) is 12.6. The van der Waals surface area contributed by atoms with Gasteiger partial charge in [-0.1, -0.05) is 12.0 Å². The zero-order valence-corrected chi connectivity index (χ0v) is 9.98. The molecule has 0 radical (unpaired) electrons. The lowest BCUT2D eigenvalue weighted by atomic mass is 10.1. The van der Waals surface area contributed by atoms with Gasteiger partial charge in [0.05, 0.1) is 19.1 Å². The standard InChI is InChI=1S/C13H15N3O2/c14-7-2-4-11-3-1-5-12(15-11)16-13(17)10-6-8-18-9-10/h1,3,5,10H,6-9,14H2,(H,15,16,17). The fourth-order valence-electron chi connectivity index (χ4n) is 1.69. The molecule has 1 saturated heterocycles. The van der Waals surface area contributed by atoms with Crippen molar-refractivity contribution in [3.05, 3.63) is 23.9 Å². The van der Waals surface area contributed by atoms with E-state index in [1.54, 1.807) is 18.2 Å². The molecule has 1 aromatic rings. The predicted octanol–water partition coefficient (Wildman–Crippen LogP) is 0.367. The minimum Gasteiger partial charge on any atom is -0.381 e. The summed E-state index contributed by atoms with van der Waals surface area (Å²) in [6.45, 7) is 1.42. The lowest BCUT2D eigenvalue weighted by Crippen LogP contribution is -2.23. The van der Waals surface area contributed by atoms with Gasteiger partial charge >= 0.3 is 0 Å². The quantitative estimate of drug-likeness (QED) is 0.738. The van der Waals surface area contributed by atoms with Gasteiger partial charge in [0, 0.05) is 6.61 Å². The van der Waals surface area contributed by atoms with Gasteiger partial charge in [-0.2, -0.15) is 0 Å². The van der Waals surface area contributed by atoms with Crippen LogP contribution in [0.15, 0.2) is 18.2 Å². The van der Waals surface area contributed by atoms with Crippen LogP contribution in [0, 0.1) is 17.8 Å². The third-order valence-corrected chi connectivity index (χ3v) is 2.62. The Labute approximate surface area is 106 Å². The Morgan fingerprint density at radius 2 is 2.50 bits per heavy atom. The second-order valence-electron chi connectivity index (χ2n) is 3.96. The van der Waals surface area contributed by atoms with E-state index in [9.17, 15) is 4.79 Å². The second kappa shape index (κ2) is 6.15. The zero-order chi connectivity index (χ0) is 12.8. The topological polar surface area (TPSA) is 77.2 Å². The summed E-state index contributed by atoms with van der Waals surface area (Å²) >= 11 is 0. The number of nitrogens with two attached hydrogens (primary N) is 1. The smallest absolute Gasteiger partial charge is 0.231 e. The zero-order valence-electron chi connectivity index (χ0n) is 9.98. The van der Waals surface area contributed by atoms with Crippen LogP contribution in [-0.4, -0.2) is 30.6 Å². The van der Waals surface area contributed by atoms with Crippen molar-refractivity contribution in [2.75, 3.05) is 25.1 Å². The molecule has 5 heteroatoms. The van der Waals surface area contributed by atoms with Crippen LogP contribution in [-0.2, 0) is 9.53 Å². The van der Waals surface area contributed by atoms with Crippen molar-refractivity contribution in [3.8, 4) is 11.8 Å². The molecule has 0 bridgehead atoms. The number of hydrogen-bond acceptors (Lipinski definition) is 4. The van der Waals surface area contributed by atoms with Crippen molar-refractivity contribution < 1.29 is 9.53 Å². The maximum absolute atomic E-state index is 11.9. The number of ether oxygens (including phenoxy) is 1. The Kier molecular flexibility index (Phi) is 4.29. The van der Waals surface area contributed by atoms with E-state index in [0.717, 1.165) is 6.42 Å². The van der Waals surface area contributed by atoms with E-state index in [1.807, 2.05) is 0 Å². The molecule has 3 N–H and O–H groups in total. The van der Waals surface area contributed by atoms with Crippen LogP contribution in [0.1, 0.15) is 12.1 Å². The highest BCUT2D eigenvalue weighted by Crippen LogP contribution is 2.14. The van der Waals surface area contributed by atoms with Gasteiger partial charge in [0.15, 0.2) is 0 Å². The number of nitrogens with zero attached hydrogens (tertiary/aromatic N) is 1. The minimum absolute atomic E-state index is 0.0519. The van der Waals surface area contributed by atoms with Crippen LogP contribution in [0.3, 0.4) is 0 Å². The highest BCUT2D eigenvalue weighted by molar-refractivity contribution is 5.91. The third-order valence-electron chi connectivity index (χ3n) is 2.62. The fourth-order valence-corrected chi connectivity index (χ4v) is 1.69. The van der Waals surface area contributed by atoms with Gasteiger partial charge in [0.2, 0.25) is 5.91 Å². The van der Waals surface area contributed by atoms with Gasteiger partial charge in [-0.05, 0) is 24.5 Å². The van der Waals surface area contributed by atoms with E-state index < -0.39 is 0 Å². The molecule has 2 heterocycles. The van der Waals surface area contributed by atoms with E-state index in [4.69, 9.17) is 10.5 Å². The van der Waals surface area contributed by atoms with Crippen molar-refractivity contribution in [3.63, 3.8) is 0 Å². The molecule has 1 aliphatic rings. The summed E-state index contributed by atoms with van der Waals surface area (Å²) in [6, 6.07) is 5.31. The number of nitrogens with one attached hydrogen (secondary N) is 1. The van der Waals surface area contributed by atoms with E-state index in [1.165, 1.54) is 0 Å².